The van der Waals surface area contributed by atoms with Crippen LogP contribution in [0.1, 0.15) is 56.0 Å². The Bertz CT molecular complexity index is 827. The number of carbonyl (C=O) groups excluding carboxylic acids is 1. The van der Waals surface area contributed by atoms with Gasteiger partial charge in [0.1, 0.15) is 11.9 Å². The molecule has 4 rings (SSSR count). The number of hydrogen-bond acceptors (Lipinski definition) is 7. The van der Waals surface area contributed by atoms with E-state index in [2.05, 4.69) is 32.2 Å². The van der Waals surface area contributed by atoms with E-state index in [9.17, 15) is 4.79 Å². The predicted molar refractivity (Wildman–Crippen MR) is 108 cm³/mol. The van der Waals surface area contributed by atoms with Crippen molar-refractivity contribution >= 4 is 11.7 Å². The van der Waals surface area contributed by atoms with E-state index in [0.29, 0.717) is 31.5 Å². The minimum Gasteiger partial charge on any atom is -0.423 e. The van der Waals surface area contributed by atoms with Gasteiger partial charge < -0.3 is 19.0 Å². The fourth-order valence-electron chi connectivity index (χ4n) is 3.92. The van der Waals surface area contributed by atoms with Crippen LogP contribution >= 0.6 is 0 Å². The summed E-state index contributed by atoms with van der Waals surface area (Å²) in [5, 5.41) is 8.31. The maximum atomic E-state index is 13.3. The monoisotopic (exact) mass is 399 g/mol. The molecule has 2 aliphatic heterocycles. The molecule has 0 radical (unpaired) electrons. The highest BCUT2D eigenvalue weighted by atomic mass is 16.5. The van der Waals surface area contributed by atoms with Crippen molar-refractivity contribution in [3.05, 3.63) is 35.7 Å². The number of hydrogen-bond donors (Lipinski definition) is 0. The van der Waals surface area contributed by atoms with Crippen molar-refractivity contribution in [2.45, 2.75) is 45.6 Å². The average molecular weight is 399 g/mol. The van der Waals surface area contributed by atoms with Crippen molar-refractivity contribution in [2.24, 2.45) is 5.92 Å². The third kappa shape index (κ3) is 4.27. The summed E-state index contributed by atoms with van der Waals surface area (Å²) in [7, 11) is 0. The van der Waals surface area contributed by atoms with Crippen molar-refractivity contribution < 1.29 is 13.9 Å². The molecule has 1 atom stereocenters. The molecule has 8 heteroatoms. The smallest absolute Gasteiger partial charge is 0.241 e. The first-order valence-electron chi connectivity index (χ1n) is 10.4. The fourth-order valence-corrected chi connectivity index (χ4v) is 3.92. The Morgan fingerprint density at radius 1 is 1.17 bits per heavy atom. The van der Waals surface area contributed by atoms with Crippen LogP contribution in [0.25, 0.3) is 0 Å². The number of aryl methyl sites for hydroxylation is 1. The number of carbonyl (C=O) groups is 1. The van der Waals surface area contributed by atoms with Crippen molar-refractivity contribution in [2.75, 3.05) is 37.7 Å². The average Bonchev–Trinajstić information content (AvgIpc) is 3.24. The summed E-state index contributed by atoms with van der Waals surface area (Å²) < 4.78 is 11.4. The van der Waals surface area contributed by atoms with E-state index in [-0.39, 0.29) is 23.8 Å². The Morgan fingerprint density at radius 2 is 1.97 bits per heavy atom. The van der Waals surface area contributed by atoms with E-state index in [4.69, 9.17) is 9.15 Å². The van der Waals surface area contributed by atoms with E-state index < -0.39 is 0 Å². The highest BCUT2D eigenvalue weighted by Gasteiger charge is 2.37. The minimum absolute atomic E-state index is 0.00443. The normalized spacial score (nSPS) is 21.0. The van der Waals surface area contributed by atoms with Crippen molar-refractivity contribution in [3.63, 3.8) is 0 Å². The number of pyridine rings is 1. The van der Waals surface area contributed by atoms with E-state index in [1.54, 1.807) is 0 Å². The second kappa shape index (κ2) is 8.49. The van der Waals surface area contributed by atoms with E-state index in [0.717, 1.165) is 37.3 Å². The Labute approximate surface area is 171 Å². The third-order valence-electron chi connectivity index (χ3n) is 5.71. The summed E-state index contributed by atoms with van der Waals surface area (Å²) in [6.07, 6.45) is 3.53. The number of rotatable bonds is 4. The van der Waals surface area contributed by atoms with Gasteiger partial charge in [-0.05, 0) is 31.4 Å². The van der Waals surface area contributed by atoms with Crippen LogP contribution in [-0.2, 0) is 9.53 Å². The maximum absolute atomic E-state index is 13.3. The van der Waals surface area contributed by atoms with Crippen LogP contribution in [0.4, 0.5) is 5.82 Å². The Morgan fingerprint density at radius 3 is 2.62 bits per heavy atom. The molecule has 0 bridgehead atoms. The zero-order chi connectivity index (χ0) is 20.4. The highest BCUT2D eigenvalue weighted by molar-refractivity contribution is 5.79. The molecule has 0 aromatic carbocycles. The summed E-state index contributed by atoms with van der Waals surface area (Å²) in [5.74, 6) is 2.38. The number of piperidine rings is 1. The lowest BCUT2D eigenvalue weighted by molar-refractivity contribution is -0.146. The van der Waals surface area contributed by atoms with Gasteiger partial charge in [-0.3, -0.25) is 4.79 Å². The Hall–Kier alpha value is -2.48. The molecule has 2 aliphatic rings. The van der Waals surface area contributed by atoms with Gasteiger partial charge in [-0.2, -0.15) is 0 Å². The van der Waals surface area contributed by atoms with Crippen LogP contribution in [0, 0.1) is 12.8 Å². The summed E-state index contributed by atoms with van der Waals surface area (Å²) in [5.41, 5.74) is 1.15. The highest BCUT2D eigenvalue weighted by Crippen LogP contribution is 2.30. The molecule has 2 aromatic rings. The molecule has 29 heavy (non-hydrogen) atoms. The van der Waals surface area contributed by atoms with Crippen LogP contribution in [0.15, 0.2) is 22.7 Å². The van der Waals surface area contributed by atoms with Crippen LogP contribution in [0.5, 0.6) is 0 Å². The molecule has 2 aromatic heterocycles. The molecule has 0 saturated carbocycles. The Kier molecular flexibility index (Phi) is 5.80. The SMILES string of the molecule is Cc1ccc(N2CCC(C(=O)N3CCOCC3c3nnc(C(C)C)o3)CC2)nc1. The van der Waals surface area contributed by atoms with Crippen LogP contribution in [0.3, 0.4) is 0 Å². The van der Waals surface area contributed by atoms with Gasteiger partial charge in [0.2, 0.25) is 17.7 Å². The quantitative estimate of drug-likeness (QED) is 0.781. The van der Waals surface area contributed by atoms with Crippen molar-refractivity contribution in [1.82, 2.24) is 20.1 Å². The van der Waals surface area contributed by atoms with Gasteiger partial charge in [-0.1, -0.05) is 19.9 Å². The topological polar surface area (TPSA) is 84.6 Å². The van der Waals surface area contributed by atoms with Crippen LogP contribution in [0.2, 0.25) is 0 Å². The van der Waals surface area contributed by atoms with Gasteiger partial charge in [-0.15, -0.1) is 10.2 Å². The first-order valence-corrected chi connectivity index (χ1v) is 10.4. The van der Waals surface area contributed by atoms with E-state index in [1.165, 1.54) is 0 Å². The first-order chi connectivity index (χ1) is 14.0. The molecule has 1 unspecified atom stereocenters. The van der Waals surface area contributed by atoms with Crippen LogP contribution in [-0.4, -0.2) is 58.8 Å². The van der Waals surface area contributed by atoms with Crippen molar-refractivity contribution in [1.29, 1.82) is 0 Å². The largest absolute Gasteiger partial charge is 0.423 e. The summed E-state index contributed by atoms with van der Waals surface area (Å²) in [6.45, 7) is 9.22. The van der Waals surface area contributed by atoms with E-state index >= 15 is 0 Å². The molecule has 156 valence electrons. The van der Waals surface area contributed by atoms with Crippen molar-refractivity contribution in [3.8, 4) is 0 Å². The second-order valence-corrected chi connectivity index (χ2v) is 8.21. The molecule has 0 N–H and O–H groups in total. The summed E-state index contributed by atoms with van der Waals surface area (Å²) in [6, 6.07) is 3.83. The maximum Gasteiger partial charge on any atom is 0.241 e. The number of nitrogens with zero attached hydrogens (tertiary/aromatic N) is 5. The standard InChI is InChI=1S/C21H29N5O3/c1-14(2)19-23-24-20(29-19)17-13-28-11-10-26(17)21(27)16-6-8-25(9-7-16)18-5-4-15(3)12-22-18/h4-5,12,14,16-17H,6-11,13H2,1-3H3. The molecule has 1 amide bonds. The molecule has 2 fully saturated rings. The van der Waals surface area contributed by atoms with Gasteiger partial charge in [0.25, 0.3) is 0 Å². The number of anilines is 1. The molecule has 2 saturated heterocycles. The van der Waals surface area contributed by atoms with Gasteiger partial charge in [-0.25, -0.2) is 4.98 Å². The van der Waals surface area contributed by atoms with Gasteiger partial charge in [0, 0.05) is 37.7 Å². The first kappa shape index (κ1) is 19.8. The fraction of sp³-hybridized carbons (Fsp3) is 0.619. The number of amides is 1. The van der Waals surface area contributed by atoms with Gasteiger partial charge in [0.05, 0.1) is 13.2 Å². The summed E-state index contributed by atoms with van der Waals surface area (Å²) >= 11 is 0. The molecular weight excluding hydrogens is 370 g/mol. The van der Waals surface area contributed by atoms with Crippen LogP contribution < -0.4 is 4.90 Å². The third-order valence-corrected chi connectivity index (χ3v) is 5.71. The van der Waals surface area contributed by atoms with E-state index in [1.807, 2.05) is 31.9 Å². The molecular formula is C21H29N5O3. The molecule has 4 heterocycles. The zero-order valence-corrected chi connectivity index (χ0v) is 17.4. The predicted octanol–water partition coefficient (Wildman–Crippen LogP) is 2.71. The number of ether oxygens (including phenoxy) is 1. The second-order valence-electron chi connectivity index (χ2n) is 8.21. The summed E-state index contributed by atoms with van der Waals surface area (Å²) in [4.78, 5) is 22.0. The lowest BCUT2D eigenvalue weighted by Gasteiger charge is -2.38. The molecule has 0 aliphatic carbocycles. The zero-order valence-electron chi connectivity index (χ0n) is 17.4. The van der Waals surface area contributed by atoms with Gasteiger partial charge >= 0.3 is 0 Å². The Balaban J connectivity index is 1.41. The molecule has 8 nitrogen and oxygen atoms in total. The lowest BCUT2D eigenvalue weighted by atomic mass is 9.94. The van der Waals surface area contributed by atoms with Gasteiger partial charge in [0.15, 0.2) is 0 Å². The molecule has 0 spiro atoms. The number of morpholine rings is 1. The lowest BCUT2D eigenvalue weighted by Crippen LogP contribution is -2.48. The number of aromatic nitrogens is 3. The minimum atomic E-state index is -0.298.